The van der Waals surface area contributed by atoms with Crippen LogP contribution in [0, 0.1) is 0 Å². The van der Waals surface area contributed by atoms with Crippen LogP contribution in [-0.2, 0) is 36.0 Å². The Bertz CT molecular complexity index is 1230. The summed E-state index contributed by atoms with van der Waals surface area (Å²) in [6, 6.07) is 12.2. The molecule has 1 atom stereocenters. The number of carbonyl (C=O) groups excluding carboxylic acids is 1. The highest BCUT2D eigenvalue weighted by atomic mass is 32.2. The molecule has 12 heteroatoms. The molecule has 10 nitrogen and oxygen atoms in total. The van der Waals surface area contributed by atoms with Crippen molar-refractivity contribution >= 4 is 31.6 Å². The Morgan fingerprint density at radius 2 is 1.67 bits per heavy atom. The molecule has 0 aromatic heterocycles. The van der Waals surface area contributed by atoms with E-state index >= 15 is 0 Å². The number of morpholine rings is 1. The minimum atomic E-state index is -3.70. The number of sulfonamides is 2. The summed E-state index contributed by atoms with van der Waals surface area (Å²) >= 11 is 0. The predicted molar refractivity (Wildman–Crippen MR) is 137 cm³/mol. The van der Waals surface area contributed by atoms with Crippen LogP contribution in [0.1, 0.15) is 19.4 Å². The van der Waals surface area contributed by atoms with Crippen LogP contribution < -0.4 is 14.4 Å². The lowest BCUT2D eigenvalue weighted by Gasteiger charge is -2.28. The smallest absolute Gasteiger partial charge is 0.243 e. The molecule has 0 radical (unpaired) electrons. The first kappa shape index (κ1) is 27.9. The fourth-order valence-electron chi connectivity index (χ4n) is 3.82. The molecule has 2 aromatic carbocycles. The van der Waals surface area contributed by atoms with E-state index < -0.39 is 32.0 Å². The van der Waals surface area contributed by atoms with E-state index in [4.69, 9.17) is 9.47 Å². The largest absolute Gasteiger partial charge is 0.492 e. The number of anilines is 1. The molecule has 0 bridgehead atoms. The van der Waals surface area contributed by atoms with Crippen LogP contribution in [-0.4, -0.2) is 78.8 Å². The van der Waals surface area contributed by atoms with E-state index in [2.05, 4.69) is 5.32 Å². The van der Waals surface area contributed by atoms with Crippen molar-refractivity contribution in [2.45, 2.75) is 31.2 Å². The number of ether oxygens (including phenoxy) is 2. The molecule has 3 rings (SSSR count). The lowest BCUT2D eigenvalue weighted by molar-refractivity contribution is -0.121. The molecular formula is C24H33N3O7S2. The molecule has 0 aliphatic carbocycles. The summed E-state index contributed by atoms with van der Waals surface area (Å²) in [5.74, 6) is -0.0115. The minimum Gasteiger partial charge on any atom is -0.492 e. The van der Waals surface area contributed by atoms with Gasteiger partial charge in [-0.25, -0.2) is 16.8 Å². The van der Waals surface area contributed by atoms with Gasteiger partial charge in [-0.05, 0) is 55.3 Å². The second kappa shape index (κ2) is 12.0. The normalized spacial score (nSPS) is 15.8. The summed E-state index contributed by atoms with van der Waals surface area (Å²) in [5.41, 5.74) is 1.48. The van der Waals surface area contributed by atoms with Crippen molar-refractivity contribution in [1.82, 2.24) is 9.62 Å². The van der Waals surface area contributed by atoms with Crippen LogP contribution in [0.5, 0.6) is 5.75 Å². The van der Waals surface area contributed by atoms with Crippen molar-refractivity contribution in [3.05, 3.63) is 54.1 Å². The first-order valence-corrected chi connectivity index (χ1v) is 15.0. The van der Waals surface area contributed by atoms with Gasteiger partial charge >= 0.3 is 0 Å². The molecule has 1 amide bonds. The van der Waals surface area contributed by atoms with Gasteiger partial charge in [0.15, 0.2) is 0 Å². The first-order valence-electron chi connectivity index (χ1n) is 11.7. The second-order valence-corrected chi connectivity index (χ2v) is 12.2. The first-order chi connectivity index (χ1) is 17.0. The van der Waals surface area contributed by atoms with E-state index in [0.717, 1.165) is 22.5 Å². The number of carbonyl (C=O) groups is 1. The van der Waals surface area contributed by atoms with Gasteiger partial charge in [-0.2, -0.15) is 4.31 Å². The average Bonchev–Trinajstić information content (AvgIpc) is 2.87. The molecule has 1 aliphatic rings. The van der Waals surface area contributed by atoms with Crippen molar-refractivity contribution in [3.8, 4) is 5.75 Å². The molecular weight excluding hydrogens is 506 g/mol. The lowest BCUT2D eigenvalue weighted by Crippen LogP contribution is -2.48. The maximum Gasteiger partial charge on any atom is 0.243 e. The SMILES string of the molecule is CCc1ccc(N([C@@H](C)C(=O)NCCOc2ccc(S(=O)(=O)N3CCOCC3)cc2)S(C)(=O)=O)cc1. The van der Waals surface area contributed by atoms with Crippen molar-refractivity contribution in [2.24, 2.45) is 0 Å². The number of hydrogen-bond donors (Lipinski definition) is 1. The zero-order valence-corrected chi connectivity index (χ0v) is 22.3. The molecule has 0 spiro atoms. The third-order valence-corrected chi connectivity index (χ3v) is 8.94. The van der Waals surface area contributed by atoms with Crippen LogP contribution in [0.25, 0.3) is 0 Å². The van der Waals surface area contributed by atoms with Gasteiger partial charge < -0.3 is 14.8 Å². The fourth-order valence-corrected chi connectivity index (χ4v) is 6.40. The summed E-state index contributed by atoms with van der Waals surface area (Å²) in [7, 11) is -7.28. The standard InChI is InChI=1S/C24H33N3O7S2/c1-4-20-5-7-21(8-6-20)27(35(3,29)30)19(2)24(28)25-13-16-34-22-9-11-23(12-10-22)36(31,32)26-14-17-33-18-15-26/h5-12,19H,4,13-18H2,1-3H3,(H,25,28)/t19-/m0/s1. The maximum atomic E-state index is 12.7. The van der Waals surface area contributed by atoms with E-state index in [0.29, 0.717) is 37.7 Å². The van der Waals surface area contributed by atoms with Gasteiger partial charge in [-0.3, -0.25) is 9.10 Å². The zero-order chi connectivity index (χ0) is 26.3. The molecule has 1 saturated heterocycles. The van der Waals surface area contributed by atoms with Gasteiger partial charge in [0.1, 0.15) is 18.4 Å². The number of benzene rings is 2. The van der Waals surface area contributed by atoms with Crippen LogP contribution in [0.2, 0.25) is 0 Å². The van der Waals surface area contributed by atoms with Crippen LogP contribution in [0.3, 0.4) is 0 Å². The quantitative estimate of drug-likeness (QED) is 0.431. The van der Waals surface area contributed by atoms with Crippen molar-refractivity contribution in [3.63, 3.8) is 0 Å². The predicted octanol–water partition coefficient (Wildman–Crippen LogP) is 1.62. The van der Waals surface area contributed by atoms with Gasteiger partial charge in [0.25, 0.3) is 0 Å². The molecule has 36 heavy (non-hydrogen) atoms. The summed E-state index contributed by atoms with van der Waals surface area (Å²) in [5, 5.41) is 2.69. The van der Waals surface area contributed by atoms with E-state index in [-0.39, 0.29) is 18.0 Å². The van der Waals surface area contributed by atoms with Gasteiger partial charge in [0, 0.05) is 13.1 Å². The highest BCUT2D eigenvalue weighted by molar-refractivity contribution is 7.92. The third kappa shape index (κ3) is 6.96. The number of aryl methyl sites for hydroxylation is 1. The van der Waals surface area contributed by atoms with Crippen LogP contribution >= 0.6 is 0 Å². The molecule has 0 unspecified atom stereocenters. The van der Waals surface area contributed by atoms with E-state index in [1.807, 2.05) is 19.1 Å². The fraction of sp³-hybridized carbons (Fsp3) is 0.458. The van der Waals surface area contributed by atoms with E-state index in [1.54, 1.807) is 24.3 Å². The van der Waals surface area contributed by atoms with E-state index in [9.17, 15) is 21.6 Å². The monoisotopic (exact) mass is 539 g/mol. The maximum absolute atomic E-state index is 12.7. The molecule has 1 N–H and O–H groups in total. The highest BCUT2D eigenvalue weighted by Gasteiger charge is 2.29. The Morgan fingerprint density at radius 3 is 2.22 bits per heavy atom. The average molecular weight is 540 g/mol. The third-order valence-electron chi connectivity index (χ3n) is 5.79. The Labute approximate surface area is 213 Å². The van der Waals surface area contributed by atoms with Crippen molar-refractivity contribution < 1.29 is 31.1 Å². The number of nitrogens with zero attached hydrogens (tertiary/aromatic N) is 2. The Balaban J connectivity index is 1.53. The molecule has 198 valence electrons. The topological polar surface area (TPSA) is 122 Å². The van der Waals surface area contributed by atoms with Crippen LogP contribution in [0.4, 0.5) is 5.69 Å². The van der Waals surface area contributed by atoms with Gasteiger partial charge in [-0.15, -0.1) is 0 Å². The lowest BCUT2D eigenvalue weighted by atomic mass is 10.1. The number of rotatable bonds is 11. The highest BCUT2D eigenvalue weighted by Crippen LogP contribution is 2.22. The second-order valence-electron chi connectivity index (χ2n) is 8.38. The Morgan fingerprint density at radius 1 is 1.06 bits per heavy atom. The molecule has 0 saturated carbocycles. The Hall–Kier alpha value is -2.67. The number of hydrogen-bond acceptors (Lipinski definition) is 7. The Kier molecular flexibility index (Phi) is 9.34. The summed E-state index contributed by atoms with van der Waals surface area (Å²) in [6.07, 6.45) is 1.89. The number of amides is 1. The van der Waals surface area contributed by atoms with Gasteiger partial charge in [0.2, 0.25) is 26.0 Å². The van der Waals surface area contributed by atoms with Crippen LogP contribution in [0.15, 0.2) is 53.4 Å². The molecule has 1 fully saturated rings. The summed E-state index contributed by atoms with van der Waals surface area (Å²) in [4.78, 5) is 12.9. The molecule has 2 aromatic rings. The molecule has 1 heterocycles. The minimum absolute atomic E-state index is 0.123. The number of nitrogens with one attached hydrogen (secondary N) is 1. The summed E-state index contributed by atoms with van der Waals surface area (Å²) in [6.45, 7) is 5.18. The van der Waals surface area contributed by atoms with Gasteiger partial charge in [0.05, 0.1) is 36.6 Å². The molecule has 1 aliphatic heterocycles. The zero-order valence-electron chi connectivity index (χ0n) is 20.7. The van der Waals surface area contributed by atoms with Crippen molar-refractivity contribution in [2.75, 3.05) is 50.0 Å². The summed E-state index contributed by atoms with van der Waals surface area (Å²) < 4.78 is 63.5. The van der Waals surface area contributed by atoms with Gasteiger partial charge in [-0.1, -0.05) is 19.1 Å². The van der Waals surface area contributed by atoms with E-state index in [1.165, 1.54) is 23.4 Å². The van der Waals surface area contributed by atoms with Crippen molar-refractivity contribution in [1.29, 1.82) is 0 Å².